The van der Waals surface area contributed by atoms with Crippen molar-refractivity contribution in [1.29, 1.82) is 0 Å². The Morgan fingerprint density at radius 2 is 2.11 bits per heavy atom. The zero-order valence-corrected chi connectivity index (χ0v) is 10.1. The van der Waals surface area contributed by atoms with E-state index < -0.39 is 0 Å². The van der Waals surface area contributed by atoms with Crippen molar-refractivity contribution in [2.45, 2.75) is 25.7 Å². The SMILES string of the molecule is Cc1ccc(Oc2ccnc(C3CC3)n2)cc1F. The number of benzene rings is 1. The number of aromatic nitrogens is 2. The Labute approximate surface area is 105 Å². The summed E-state index contributed by atoms with van der Waals surface area (Å²) in [5.41, 5.74) is 0.601. The van der Waals surface area contributed by atoms with Crippen molar-refractivity contribution in [3.63, 3.8) is 0 Å². The molecule has 0 saturated heterocycles. The number of aryl methyl sites for hydroxylation is 1. The van der Waals surface area contributed by atoms with Crippen LogP contribution in [0.5, 0.6) is 11.6 Å². The van der Waals surface area contributed by atoms with Crippen molar-refractivity contribution in [2.75, 3.05) is 0 Å². The minimum absolute atomic E-state index is 0.274. The fourth-order valence-corrected chi connectivity index (χ4v) is 1.71. The van der Waals surface area contributed by atoms with Crippen LogP contribution in [0.4, 0.5) is 4.39 Å². The molecule has 1 fully saturated rings. The van der Waals surface area contributed by atoms with E-state index in [1.54, 1.807) is 31.3 Å². The molecular formula is C14H13FN2O. The summed E-state index contributed by atoms with van der Waals surface area (Å²) in [7, 11) is 0. The molecule has 3 rings (SSSR count). The van der Waals surface area contributed by atoms with Crippen LogP contribution in [0.1, 0.15) is 30.1 Å². The Hall–Kier alpha value is -1.97. The van der Waals surface area contributed by atoms with Crippen molar-refractivity contribution in [2.24, 2.45) is 0 Å². The van der Waals surface area contributed by atoms with Crippen molar-refractivity contribution in [3.8, 4) is 11.6 Å². The van der Waals surface area contributed by atoms with Crippen molar-refractivity contribution in [1.82, 2.24) is 9.97 Å². The normalized spacial score (nSPS) is 14.6. The lowest BCUT2D eigenvalue weighted by molar-refractivity contribution is 0.453. The monoisotopic (exact) mass is 244 g/mol. The highest BCUT2D eigenvalue weighted by molar-refractivity contribution is 5.31. The second-order valence-corrected chi connectivity index (χ2v) is 4.54. The van der Waals surface area contributed by atoms with Gasteiger partial charge in [0.2, 0.25) is 5.88 Å². The third-order valence-electron chi connectivity index (χ3n) is 2.96. The molecule has 2 aromatic rings. The molecule has 4 heteroatoms. The van der Waals surface area contributed by atoms with Crippen molar-refractivity contribution >= 4 is 0 Å². The van der Waals surface area contributed by atoms with Crippen LogP contribution in [0.15, 0.2) is 30.5 Å². The van der Waals surface area contributed by atoms with Crippen LogP contribution in [0, 0.1) is 12.7 Å². The molecule has 1 aliphatic rings. The molecule has 3 nitrogen and oxygen atoms in total. The maximum Gasteiger partial charge on any atom is 0.222 e. The molecule has 1 aliphatic carbocycles. The molecule has 0 bridgehead atoms. The van der Waals surface area contributed by atoms with Crippen molar-refractivity contribution in [3.05, 3.63) is 47.7 Å². The lowest BCUT2D eigenvalue weighted by Crippen LogP contribution is -1.95. The third kappa shape index (κ3) is 2.32. The van der Waals surface area contributed by atoms with Gasteiger partial charge in [0.15, 0.2) is 0 Å². The number of halogens is 1. The van der Waals surface area contributed by atoms with Gasteiger partial charge in [-0.2, -0.15) is 4.98 Å². The Kier molecular flexibility index (Phi) is 2.70. The summed E-state index contributed by atoms with van der Waals surface area (Å²) in [5, 5.41) is 0. The van der Waals surface area contributed by atoms with Crippen molar-refractivity contribution < 1.29 is 9.13 Å². The number of rotatable bonds is 3. The lowest BCUT2D eigenvalue weighted by Gasteiger charge is -2.06. The van der Waals surface area contributed by atoms with Crippen LogP contribution in [0.25, 0.3) is 0 Å². The second-order valence-electron chi connectivity index (χ2n) is 4.54. The molecule has 0 aliphatic heterocycles. The molecule has 0 amide bonds. The van der Waals surface area contributed by atoms with Gasteiger partial charge in [-0.15, -0.1) is 0 Å². The predicted molar refractivity (Wildman–Crippen MR) is 65.2 cm³/mol. The highest BCUT2D eigenvalue weighted by atomic mass is 19.1. The molecule has 0 N–H and O–H groups in total. The van der Waals surface area contributed by atoms with Crippen LogP contribution in [0.3, 0.4) is 0 Å². The van der Waals surface area contributed by atoms with Gasteiger partial charge in [-0.3, -0.25) is 0 Å². The van der Waals surface area contributed by atoms with Crippen LogP contribution in [-0.2, 0) is 0 Å². The van der Waals surface area contributed by atoms with E-state index in [4.69, 9.17) is 4.74 Å². The highest BCUT2D eigenvalue weighted by Gasteiger charge is 2.26. The van der Waals surface area contributed by atoms with Crippen LogP contribution >= 0.6 is 0 Å². The number of ether oxygens (including phenoxy) is 1. The molecular weight excluding hydrogens is 231 g/mol. The Balaban J connectivity index is 1.82. The first-order chi connectivity index (χ1) is 8.72. The first-order valence-electron chi connectivity index (χ1n) is 5.99. The van der Waals surface area contributed by atoms with Gasteiger partial charge >= 0.3 is 0 Å². The van der Waals surface area contributed by atoms with Gasteiger partial charge in [0, 0.05) is 24.2 Å². The number of hydrogen-bond acceptors (Lipinski definition) is 3. The Morgan fingerprint density at radius 1 is 1.28 bits per heavy atom. The topological polar surface area (TPSA) is 35.0 Å². The molecule has 0 radical (unpaired) electrons. The second kappa shape index (κ2) is 4.37. The van der Waals surface area contributed by atoms with Gasteiger partial charge in [0.1, 0.15) is 17.4 Å². The third-order valence-corrected chi connectivity index (χ3v) is 2.96. The van der Waals surface area contributed by atoms with Gasteiger partial charge in [0.05, 0.1) is 0 Å². The summed E-state index contributed by atoms with van der Waals surface area (Å²) >= 11 is 0. The van der Waals surface area contributed by atoms with Crippen LogP contribution < -0.4 is 4.74 Å². The molecule has 0 atom stereocenters. The summed E-state index contributed by atoms with van der Waals surface area (Å²) < 4.78 is 18.9. The summed E-state index contributed by atoms with van der Waals surface area (Å²) in [6, 6.07) is 6.48. The quantitative estimate of drug-likeness (QED) is 0.827. The van der Waals surface area contributed by atoms with E-state index >= 15 is 0 Å². The summed E-state index contributed by atoms with van der Waals surface area (Å²) in [6.07, 6.45) is 3.96. The summed E-state index contributed by atoms with van der Waals surface area (Å²) in [4.78, 5) is 8.54. The highest BCUT2D eigenvalue weighted by Crippen LogP contribution is 2.38. The Bertz CT molecular complexity index is 582. The lowest BCUT2D eigenvalue weighted by atomic mass is 10.2. The van der Waals surface area contributed by atoms with E-state index in [2.05, 4.69) is 9.97 Å². The first-order valence-corrected chi connectivity index (χ1v) is 5.99. The van der Waals surface area contributed by atoms with E-state index in [0.29, 0.717) is 23.1 Å². The van der Waals surface area contributed by atoms with Crippen LogP contribution in [-0.4, -0.2) is 9.97 Å². The van der Waals surface area contributed by atoms with Gasteiger partial charge in [-0.25, -0.2) is 9.37 Å². The molecule has 1 aromatic carbocycles. The molecule has 1 aromatic heterocycles. The smallest absolute Gasteiger partial charge is 0.222 e. The molecule has 0 spiro atoms. The largest absolute Gasteiger partial charge is 0.439 e. The molecule has 18 heavy (non-hydrogen) atoms. The first kappa shape index (κ1) is 11.1. The minimum Gasteiger partial charge on any atom is -0.439 e. The van der Waals surface area contributed by atoms with E-state index in [0.717, 1.165) is 18.7 Å². The zero-order chi connectivity index (χ0) is 12.5. The van der Waals surface area contributed by atoms with E-state index in [1.165, 1.54) is 6.07 Å². The number of hydrogen-bond donors (Lipinski definition) is 0. The number of nitrogens with zero attached hydrogens (tertiary/aromatic N) is 2. The van der Waals surface area contributed by atoms with Gasteiger partial charge in [-0.1, -0.05) is 6.07 Å². The standard InChI is InChI=1S/C14H13FN2O/c1-9-2-5-11(8-12(9)15)18-13-6-7-16-14(17-13)10-3-4-10/h2,5-8,10H,3-4H2,1H3. The maximum atomic E-state index is 13.4. The average molecular weight is 244 g/mol. The predicted octanol–water partition coefficient (Wildman–Crippen LogP) is 3.59. The molecule has 1 heterocycles. The van der Waals surface area contributed by atoms with Gasteiger partial charge in [0.25, 0.3) is 0 Å². The van der Waals surface area contributed by atoms with E-state index in [-0.39, 0.29) is 5.82 Å². The van der Waals surface area contributed by atoms with Crippen LogP contribution in [0.2, 0.25) is 0 Å². The van der Waals surface area contributed by atoms with Gasteiger partial charge in [-0.05, 0) is 31.4 Å². The minimum atomic E-state index is -0.274. The average Bonchev–Trinajstić information content (AvgIpc) is 3.18. The fraction of sp³-hybridized carbons (Fsp3) is 0.286. The summed E-state index contributed by atoms with van der Waals surface area (Å²) in [5.74, 6) is 1.95. The molecule has 1 saturated carbocycles. The fourth-order valence-electron chi connectivity index (χ4n) is 1.71. The Morgan fingerprint density at radius 3 is 2.83 bits per heavy atom. The van der Waals surface area contributed by atoms with Gasteiger partial charge < -0.3 is 4.74 Å². The van der Waals surface area contributed by atoms with E-state index in [1.807, 2.05) is 0 Å². The zero-order valence-electron chi connectivity index (χ0n) is 10.1. The summed E-state index contributed by atoms with van der Waals surface area (Å²) in [6.45, 7) is 1.72. The van der Waals surface area contributed by atoms with E-state index in [9.17, 15) is 4.39 Å². The molecule has 0 unspecified atom stereocenters. The maximum absolute atomic E-state index is 13.4. The molecule has 92 valence electrons.